The minimum absolute atomic E-state index is 0.0589. The number of nitrogens with zero attached hydrogens (tertiary/aromatic N) is 2. The van der Waals surface area contributed by atoms with E-state index in [0.717, 1.165) is 17.3 Å². The highest BCUT2D eigenvalue weighted by atomic mass is 32.2. The van der Waals surface area contributed by atoms with Crippen molar-refractivity contribution in [1.82, 2.24) is 9.55 Å². The summed E-state index contributed by atoms with van der Waals surface area (Å²) in [6, 6.07) is 13.5. The Morgan fingerprint density at radius 2 is 2.00 bits per heavy atom. The van der Waals surface area contributed by atoms with Gasteiger partial charge >= 0.3 is 5.97 Å². The van der Waals surface area contributed by atoms with Gasteiger partial charge in [-0.3, -0.25) is 14.2 Å². The summed E-state index contributed by atoms with van der Waals surface area (Å²) >= 11 is 1.16. The Hall–Kier alpha value is -3.13. The standard InChI is InChI=1S/C20H16N2O5S/c23-17-14-7-6-13(18(24)25)10-15(14)21-20(28-16-8-9-27-19(16)26)22(17)11-12-4-2-1-3-5-12/h1-7,10,16H,8-9,11H2,(H,24,25)/p-1/t16-/m0/s1. The topological polar surface area (TPSA) is 101 Å². The predicted octanol–water partition coefficient (Wildman–Crippen LogP) is 1.22. The molecule has 0 radical (unpaired) electrons. The van der Waals surface area contributed by atoms with E-state index in [2.05, 4.69) is 4.98 Å². The molecule has 1 aliphatic heterocycles. The van der Waals surface area contributed by atoms with E-state index in [4.69, 9.17) is 4.74 Å². The number of aromatic carboxylic acids is 1. The van der Waals surface area contributed by atoms with Crippen molar-refractivity contribution < 1.29 is 19.4 Å². The number of carbonyl (C=O) groups is 2. The molecular formula is C20H15N2O5S-. The van der Waals surface area contributed by atoms with Crippen molar-refractivity contribution >= 4 is 34.6 Å². The van der Waals surface area contributed by atoms with Crippen LogP contribution in [0.1, 0.15) is 22.3 Å². The highest BCUT2D eigenvalue weighted by molar-refractivity contribution is 8.00. The Kier molecular flexibility index (Phi) is 4.87. The number of cyclic esters (lactones) is 1. The molecule has 0 N–H and O–H groups in total. The van der Waals surface area contributed by atoms with E-state index in [9.17, 15) is 19.5 Å². The number of hydrogen-bond donors (Lipinski definition) is 0. The van der Waals surface area contributed by atoms with Gasteiger partial charge in [-0.15, -0.1) is 0 Å². The van der Waals surface area contributed by atoms with Crippen molar-refractivity contribution in [3.63, 3.8) is 0 Å². The van der Waals surface area contributed by atoms with Crippen LogP contribution in [0.3, 0.4) is 0 Å². The quantitative estimate of drug-likeness (QED) is 0.473. The van der Waals surface area contributed by atoms with Crippen LogP contribution in [0, 0.1) is 0 Å². The van der Waals surface area contributed by atoms with Gasteiger partial charge in [-0.2, -0.15) is 0 Å². The molecule has 4 rings (SSSR count). The van der Waals surface area contributed by atoms with Crippen LogP contribution >= 0.6 is 11.8 Å². The van der Waals surface area contributed by atoms with E-state index >= 15 is 0 Å². The van der Waals surface area contributed by atoms with Gasteiger partial charge in [0.05, 0.1) is 30.0 Å². The Morgan fingerprint density at radius 1 is 1.21 bits per heavy atom. The van der Waals surface area contributed by atoms with Gasteiger partial charge in [0.1, 0.15) is 5.25 Å². The van der Waals surface area contributed by atoms with Crippen molar-refractivity contribution in [3.05, 3.63) is 70.0 Å². The van der Waals surface area contributed by atoms with Crippen molar-refractivity contribution in [2.45, 2.75) is 23.4 Å². The number of rotatable bonds is 5. The van der Waals surface area contributed by atoms with Crippen LogP contribution in [-0.2, 0) is 16.1 Å². The maximum absolute atomic E-state index is 13.1. The van der Waals surface area contributed by atoms with Crippen LogP contribution in [0.15, 0.2) is 58.5 Å². The number of ether oxygens (including phenoxy) is 1. The molecule has 0 saturated carbocycles. The molecule has 142 valence electrons. The Balaban J connectivity index is 1.85. The Labute approximate surface area is 164 Å². The Bertz CT molecular complexity index is 1130. The largest absolute Gasteiger partial charge is 0.545 e. The first-order valence-corrected chi connectivity index (χ1v) is 9.54. The zero-order valence-electron chi connectivity index (χ0n) is 14.7. The molecule has 0 amide bonds. The number of carboxylic acid groups (broad SMARTS) is 1. The van der Waals surface area contributed by atoms with Crippen LogP contribution in [-0.4, -0.2) is 33.3 Å². The third kappa shape index (κ3) is 3.50. The molecule has 1 atom stereocenters. The van der Waals surface area contributed by atoms with Gasteiger partial charge in [-0.05, 0) is 23.3 Å². The second kappa shape index (κ2) is 7.47. The average Bonchev–Trinajstić information content (AvgIpc) is 3.10. The summed E-state index contributed by atoms with van der Waals surface area (Å²) in [7, 11) is 0. The summed E-state index contributed by atoms with van der Waals surface area (Å²) in [5, 5.41) is 11.4. The van der Waals surface area contributed by atoms with Gasteiger partial charge in [0.2, 0.25) is 0 Å². The molecule has 1 aromatic heterocycles. The number of aromatic nitrogens is 2. The van der Waals surface area contributed by atoms with Gasteiger partial charge in [0.25, 0.3) is 5.56 Å². The maximum Gasteiger partial charge on any atom is 0.319 e. The molecule has 0 unspecified atom stereocenters. The second-order valence-corrected chi connectivity index (χ2v) is 7.52. The van der Waals surface area contributed by atoms with Crippen LogP contribution < -0.4 is 10.7 Å². The average molecular weight is 395 g/mol. The summed E-state index contributed by atoms with van der Waals surface area (Å²) in [5.41, 5.74) is 0.807. The smallest absolute Gasteiger partial charge is 0.319 e. The fraction of sp³-hybridized carbons (Fsp3) is 0.200. The molecule has 0 aliphatic carbocycles. The van der Waals surface area contributed by atoms with Crippen molar-refractivity contribution in [1.29, 1.82) is 0 Å². The van der Waals surface area contributed by atoms with Gasteiger partial charge in [-0.25, -0.2) is 4.98 Å². The molecule has 1 fully saturated rings. The lowest BCUT2D eigenvalue weighted by Gasteiger charge is -2.15. The van der Waals surface area contributed by atoms with Crippen molar-refractivity contribution in [2.75, 3.05) is 6.61 Å². The zero-order valence-corrected chi connectivity index (χ0v) is 15.5. The summed E-state index contributed by atoms with van der Waals surface area (Å²) in [6.45, 7) is 0.622. The predicted molar refractivity (Wildman–Crippen MR) is 101 cm³/mol. The number of carboxylic acids is 1. The first kappa shape index (κ1) is 18.2. The first-order chi connectivity index (χ1) is 13.5. The van der Waals surface area contributed by atoms with Gasteiger partial charge in [0, 0.05) is 6.42 Å². The number of esters is 1. The molecule has 2 aromatic carbocycles. The minimum Gasteiger partial charge on any atom is -0.545 e. The van der Waals surface area contributed by atoms with Crippen molar-refractivity contribution in [3.8, 4) is 0 Å². The van der Waals surface area contributed by atoms with E-state index in [1.807, 2.05) is 30.3 Å². The summed E-state index contributed by atoms with van der Waals surface area (Å²) in [4.78, 5) is 40.7. The molecule has 0 bridgehead atoms. The van der Waals surface area contributed by atoms with Crippen LogP contribution in [0.25, 0.3) is 10.9 Å². The molecular weight excluding hydrogens is 380 g/mol. The number of thioether (sulfide) groups is 1. The SMILES string of the molecule is O=C([O-])c1ccc2c(=O)n(Cc3ccccc3)c(S[C@H]3CCOC3=O)nc2c1. The van der Waals surface area contributed by atoms with Crippen LogP contribution in [0.2, 0.25) is 0 Å². The number of benzene rings is 2. The lowest BCUT2D eigenvalue weighted by atomic mass is 10.1. The summed E-state index contributed by atoms with van der Waals surface area (Å²) in [5.74, 6) is -1.68. The fourth-order valence-electron chi connectivity index (χ4n) is 3.03. The Morgan fingerprint density at radius 3 is 2.68 bits per heavy atom. The van der Waals surface area contributed by atoms with E-state index in [0.29, 0.717) is 23.6 Å². The number of hydrogen-bond acceptors (Lipinski definition) is 7. The molecule has 7 nitrogen and oxygen atoms in total. The number of fused-ring (bicyclic) bond motifs is 1. The summed E-state index contributed by atoms with van der Waals surface area (Å²) < 4.78 is 6.51. The molecule has 8 heteroatoms. The molecule has 28 heavy (non-hydrogen) atoms. The molecule has 0 spiro atoms. The van der Waals surface area contributed by atoms with Crippen LogP contribution in [0.4, 0.5) is 0 Å². The fourth-order valence-corrected chi connectivity index (χ4v) is 4.09. The zero-order chi connectivity index (χ0) is 19.7. The highest BCUT2D eigenvalue weighted by Crippen LogP contribution is 2.29. The van der Waals surface area contributed by atoms with E-state index < -0.39 is 11.2 Å². The van der Waals surface area contributed by atoms with Gasteiger partial charge in [-0.1, -0.05) is 48.2 Å². The number of carbonyl (C=O) groups excluding carboxylic acids is 2. The van der Waals surface area contributed by atoms with E-state index in [1.165, 1.54) is 22.8 Å². The monoisotopic (exact) mass is 395 g/mol. The molecule has 1 aliphatic rings. The van der Waals surface area contributed by atoms with Gasteiger partial charge in [0.15, 0.2) is 5.16 Å². The highest BCUT2D eigenvalue weighted by Gasteiger charge is 2.29. The molecule has 3 aromatic rings. The second-order valence-electron chi connectivity index (χ2n) is 6.35. The minimum atomic E-state index is -1.34. The lowest BCUT2D eigenvalue weighted by molar-refractivity contribution is -0.255. The maximum atomic E-state index is 13.1. The van der Waals surface area contributed by atoms with Crippen molar-refractivity contribution in [2.24, 2.45) is 0 Å². The van der Waals surface area contributed by atoms with Gasteiger partial charge < -0.3 is 14.6 Å². The first-order valence-electron chi connectivity index (χ1n) is 8.66. The normalized spacial score (nSPS) is 16.3. The van der Waals surface area contributed by atoms with Crippen LogP contribution in [0.5, 0.6) is 0 Å². The summed E-state index contributed by atoms with van der Waals surface area (Å²) in [6.07, 6.45) is 0.530. The molecule has 1 saturated heterocycles. The van der Waals surface area contributed by atoms with E-state index in [1.54, 1.807) is 0 Å². The molecule has 2 heterocycles. The lowest BCUT2D eigenvalue weighted by Crippen LogP contribution is -2.26. The van der Waals surface area contributed by atoms with E-state index in [-0.39, 0.29) is 29.2 Å². The third-order valence-corrected chi connectivity index (χ3v) is 5.71. The third-order valence-electron chi connectivity index (χ3n) is 4.47.